The van der Waals surface area contributed by atoms with E-state index in [9.17, 15) is 9.18 Å². The first kappa shape index (κ1) is 17.1. The summed E-state index contributed by atoms with van der Waals surface area (Å²) in [6, 6.07) is 6.40. The Hall–Kier alpha value is -2.77. The minimum Gasteiger partial charge on any atom is -0.345 e. The number of carbonyl (C=O) groups is 1. The highest BCUT2D eigenvalue weighted by Gasteiger charge is 2.60. The summed E-state index contributed by atoms with van der Waals surface area (Å²) in [4.78, 5) is 15.1. The van der Waals surface area contributed by atoms with Gasteiger partial charge in [-0.2, -0.15) is 4.80 Å². The van der Waals surface area contributed by atoms with Gasteiger partial charge in [-0.3, -0.25) is 4.79 Å². The average Bonchev–Trinajstić information content (AvgIpc) is 3.29. The van der Waals surface area contributed by atoms with Gasteiger partial charge in [0.1, 0.15) is 11.5 Å². The minimum absolute atomic E-state index is 0.0900. The van der Waals surface area contributed by atoms with Gasteiger partial charge < -0.3 is 9.88 Å². The molecule has 0 spiro atoms. The molecule has 0 saturated heterocycles. The third kappa shape index (κ3) is 2.47. The summed E-state index contributed by atoms with van der Waals surface area (Å²) in [5.74, 6) is 0.763. The average molecular weight is 394 g/mol. The topological polar surface area (TPSA) is 77.6 Å². The van der Waals surface area contributed by atoms with E-state index in [0.29, 0.717) is 17.5 Å². The highest BCUT2D eigenvalue weighted by atomic mass is 19.1. The van der Waals surface area contributed by atoms with Crippen LogP contribution < -0.4 is 5.32 Å². The van der Waals surface area contributed by atoms with Crippen LogP contribution in [0.15, 0.2) is 30.6 Å². The van der Waals surface area contributed by atoms with E-state index in [4.69, 9.17) is 0 Å². The van der Waals surface area contributed by atoms with Crippen LogP contribution in [0, 0.1) is 17.7 Å². The zero-order valence-corrected chi connectivity index (χ0v) is 16.3. The van der Waals surface area contributed by atoms with Gasteiger partial charge in [0, 0.05) is 23.5 Å². The molecule has 29 heavy (non-hydrogen) atoms. The quantitative estimate of drug-likeness (QED) is 0.741. The third-order valence-corrected chi connectivity index (χ3v) is 7.42. The van der Waals surface area contributed by atoms with E-state index >= 15 is 0 Å². The van der Waals surface area contributed by atoms with Crippen LogP contribution in [0.2, 0.25) is 0 Å². The fraction of sp³-hybridized carbons (Fsp3) is 0.524. The number of halogens is 1. The summed E-state index contributed by atoms with van der Waals surface area (Å²) in [7, 11) is 1.86. The van der Waals surface area contributed by atoms with E-state index in [2.05, 4.69) is 20.7 Å². The van der Waals surface area contributed by atoms with Gasteiger partial charge in [-0.15, -0.1) is 10.2 Å². The molecule has 1 N–H and O–H groups in total. The molecule has 1 amide bonds. The third-order valence-electron chi connectivity index (χ3n) is 7.42. The molecule has 2 aromatic heterocycles. The number of aromatic nitrogens is 5. The van der Waals surface area contributed by atoms with Crippen LogP contribution in [0.1, 0.15) is 49.0 Å². The van der Waals surface area contributed by atoms with Crippen LogP contribution in [0.4, 0.5) is 4.39 Å². The second kappa shape index (κ2) is 5.64. The number of nitrogens with one attached hydrogen (secondary N) is 1. The lowest BCUT2D eigenvalue weighted by Gasteiger charge is -2.61. The Bertz CT molecular complexity index is 1110. The predicted octanol–water partition coefficient (Wildman–Crippen LogP) is 2.78. The Balaban J connectivity index is 1.34. The van der Waals surface area contributed by atoms with Crippen molar-refractivity contribution in [1.29, 1.82) is 0 Å². The Morgan fingerprint density at radius 2 is 2.00 bits per heavy atom. The highest BCUT2D eigenvalue weighted by molar-refractivity contribution is 5.99. The molecule has 3 aromatic rings. The lowest BCUT2D eigenvalue weighted by Crippen LogP contribution is -2.66. The molecular weight excluding hydrogens is 371 g/mol. The highest BCUT2D eigenvalue weighted by Crippen LogP contribution is 2.60. The molecule has 2 heterocycles. The molecule has 150 valence electrons. The molecule has 8 heteroatoms. The lowest BCUT2D eigenvalue weighted by molar-refractivity contribution is -0.0811. The number of benzene rings is 1. The first-order valence-corrected chi connectivity index (χ1v) is 10.3. The van der Waals surface area contributed by atoms with Crippen molar-refractivity contribution >= 4 is 16.8 Å². The van der Waals surface area contributed by atoms with Crippen molar-refractivity contribution in [2.75, 3.05) is 0 Å². The first-order chi connectivity index (χ1) is 14.0. The normalized spacial score (nSPS) is 32.8. The summed E-state index contributed by atoms with van der Waals surface area (Å²) >= 11 is 0. The van der Waals surface area contributed by atoms with E-state index in [0.717, 1.165) is 43.0 Å². The molecule has 1 aromatic carbocycles. The van der Waals surface area contributed by atoms with E-state index in [1.54, 1.807) is 16.9 Å². The number of tetrazole rings is 1. The van der Waals surface area contributed by atoms with Gasteiger partial charge >= 0.3 is 0 Å². The van der Waals surface area contributed by atoms with Gasteiger partial charge in [-0.25, -0.2) is 4.39 Å². The van der Waals surface area contributed by atoms with Crippen molar-refractivity contribution in [3.63, 3.8) is 0 Å². The summed E-state index contributed by atoms with van der Waals surface area (Å²) < 4.78 is 15.5. The van der Waals surface area contributed by atoms with Gasteiger partial charge in [-0.1, -0.05) is 0 Å². The Morgan fingerprint density at radius 1 is 1.21 bits per heavy atom. The fourth-order valence-corrected chi connectivity index (χ4v) is 6.82. The molecule has 0 radical (unpaired) electrons. The van der Waals surface area contributed by atoms with Crippen molar-refractivity contribution in [2.24, 2.45) is 18.9 Å². The lowest BCUT2D eigenvalue weighted by atomic mass is 9.50. The number of rotatable bonds is 3. The van der Waals surface area contributed by atoms with Gasteiger partial charge in [0.2, 0.25) is 0 Å². The maximum atomic E-state index is 13.6. The van der Waals surface area contributed by atoms with Gasteiger partial charge in [-0.05, 0) is 79.8 Å². The van der Waals surface area contributed by atoms with Crippen molar-refractivity contribution in [3.8, 4) is 0 Å². The molecule has 7 rings (SSSR count). The zero-order valence-electron chi connectivity index (χ0n) is 16.3. The largest absolute Gasteiger partial charge is 0.345 e. The number of hydrogen-bond donors (Lipinski definition) is 1. The number of aryl methyl sites for hydroxylation is 1. The SMILES string of the molecule is Cn1c(C(=O)NC23C[C@H]4C[C@@H](C2)CC(n2ncnn2)(C4)C3)cc2cc(F)ccc21. The molecule has 7 nitrogen and oxygen atoms in total. The molecule has 4 bridgehead atoms. The summed E-state index contributed by atoms with van der Waals surface area (Å²) in [6.07, 6.45) is 7.69. The second-order valence-electron chi connectivity index (χ2n) is 9.44. The number of hydrogen-bond acceptors (Lipinski definition) is 4. The Kier molecular flexibility index (Phi) is 3.33. The fourth-order valence-electron chi connectivity index (χ4n) is 6.82. The molecular formula is C21H23FN6O. The Labute approximate surface area is 167 Å². The standard InChI is InChI=1S/C21H23FN6O/c1-27-17-3-2-16(22)5-15(17)6-18(27)19(29)25-20-7-13-4-14(8-20)10-21(9-13,11-20)28-24-12-23-26-28/h2-3,5-6,12-14H,4,7-11H2,1H3,(H,25,29)/t13-,14+,20?,21?. The van der Waals surface area contributed by atoms with Gasteiger partial charge in [0.25, 0.3) is 5.91 Å². The smallest absolute Gasteiger partial charge is 0.268 e. The van der Waals surface area contributed by atoms with Crippen LogP contribution in [0.25, 0.3) is 10.9 Å². The number of nitrogens with zero attached hydrogens (tertiary/aromatic N) is 5. The number of fused-ring (bicyclic) bond motifs is 1. The van der Waals surface area contributed by atoms with E-state index in [1.165, 1.54) is 24.9 Å². The van der Waals surface area contributed by atoms with Crippen molar-refractivity contribution in [1.82, 2.24) is 30.1 Å². The van der Waals surface area contributed by atoms with Gasteiger partial charge in [0.15, 0.2) is 6.33 Å². The summed E-state index contributed by atoms with van der Waals surface area (Å²) in [5, 5.41) is 16.7. The zero-order chi connectivity index (χ0) is 19.8. The van der Waals surface area contributed by atoms with Crippen molar-refractivity contribution in [3.05, 3.63) is 42.1 Å². The Morgan fingerprint density at radius 3 is 2.72 bits per heavy atom. The number of amides is 1. The predicted molar refractivity (Wildman–Crippen MR) is 104 cm³/mol. The maximum absolute atomic E-state index is 13.6. The summed E-state index contributed by atoms with van der Waals surface area (Å²) in [6.45, 7) is 0. The summed E-state index contributed by atoms with van der Waals surface area (Å²) in [5.41, 5.74) is 1.03. The second-order valence-corrected chi connectivity index (χ2v) is 9.44. The first-order valence-electron chi connectivity index (χ1n) is 10.3. The monoisotopic (exact) mass is 394 g/mol. The van der Waals surface area contributed by atoms with Crippen LogP contribution in [-0.2, 0) is 12.6 Å². The molecule has 4 aliphatic rings. The van der Waals surface area contributed by atoms with E-state index in [-0.39, 0.29) is 22.8 Å². The number of carbonyl (C=O) groups excluding carboxylic acids is 1. The van der Waals surface area contributed by atoms with Crippen molar-refractivity contribution in [2.45, 2.75) is 49.6 Å². The molecule has 4 fully saturated rings. The van der Waals surface area contributed by atoms with E-state index in [1.807, 2.05) is 11.6 Å². The van der Waals surface area contributed by atoms with Crippen LogP contribution in [-0.4, -0.2) is 36.2 Å². The molecule has 2 unspecified atom stereocenters. The van der Waals surface area contributed by atoms with E-state index < -0.39 is 0 Å². The van der Waals surface area contributed by atoms with Crippen LogP contribution in [0.5, 0.6) is 0 Å². The molecule has 0 aliphatic heterocycles. The van der Waals surface area contributed by atoms with Crippen LogP contribution in [0.3, 0.4) is 0 Å². The van der Waals surface area contributed by atoms with Crippen LogP contribution >= 0.6 is 0 Å². The van der Waals surface area contributed by atoms with Gasteiger partial charge in [0.05, 0.1) is 5.54 Å². The maximum Gasteiger partial charge on any atom is 0.268 e. The molecule has 4 saturated carbocycles. The minimum atomic E-state index is -0.293. The molecule has 4 atom stereocenters. The van der Waals surface area contributed by atoms with Crippen molar-refractivity contribution < 1.29 is 9.18 Å². The molecule has 4 aliphatic carbocycles.